The summed E-state index contributed by atoms with van der Waals surface area (Å²) in [6.07, 6.45) is 14.7. The third kappa shape index (κ3) is 6.32. The lowest BCUT2D eigenvalue weighted by molar-refractivity contribution is 0.0695. The molecule has 0 amide bonds. The monoisotopic (exact) mass is 440 g/mol. The lowest BCUT2D eigenvalue weighted by Gasteiger charge is -2.20. The van der Waals surface area contributed by atoms with E-state index in [1.54, 1.807) is 12.1 Å². The van der Waals surface area contributed by atoms with Gasteiger partial charge in [-0.2, -0.15) is 0 Å². The normalized spacial score (nSPS) is 26.8. The van der Waals surface area contributed by atoms with Crippen molar-refractivity contribution >= 4 is 5.97 Å². The molecule has 2 aliphatic carbocycles. The van der Waals surface area contributed by atoms with Crippen LogP contribution in [-0.4, -0.2) is 33.5 Å². The number of allylic oxidation sites excluding steroid dienone is 2. The zero-order valence-electron chi connectivity index (χ0n) is 19.6. The molecule has 0 aromatic heterocycles. The summed E-state index contributed by atoms with van der Waals surface area (Å²) >= 11 is 0. The molecule has 0 aliphatic heterocycles. The van der Waals surface area contributed by atoms with E-state index in [4.69, 9.17) is 0 Å². The van der Waals surface area contributed by atoms with Gasteiger partial charge in [-0.05, 0) is 74.3 Å². The molecule has 0 saturated heterocycles. The minimum atomic E-state index is -0.852. The molecule has 1 fully saturated rings. The maximum absolute atomic E-state index is 11.4. The van der Waals surface area contributed by atoms with E-state index < -0.39 is 12.1 Å². The first-order valence-corrected chi connectivity index (χ1v) is 12.5. The summed E-state index contributed by atoms with van der Waals surface area (Å²) in [4.78, 5) is 11.4. The number of aromatic carboxylic acids is 1. The van der Waals surface area contributed by atoms with Crippen LogP contribution < -0.4 is 0 Å². The summed E-state index contributed by atoms with van der Waals surface area (Å²) in [6, 6.07) is 7.28. The van der Waals surface area contributed by atoms with Gasteiger partial charge in [0, 0.05) is 5.92 Å². The molecule has 0 radical (unpaired) electrons. The Balaban J connectivity index is 1.47. The van der Waals surface area contributed by atoms with Crippen LogP contribution in [0.3, 0.4) is 0 Å². The number of hydrogen-bond donors (Lipinski definition) is 3. The van der Waals surface area contributed by atoms with Crippen molar-refractivity contribution in [2.45, 2.75) is 83.8 Å². The molecule has 4 nitrogen and oxygen atoms in total. The van der Waals surface area contributed by atoms with Crippen LogP contribution in [0.2, 0.25) is 0 Å². The number of unbranched alkanes of at least 4 members (excludes halogenated alkanes) is 2. The lowest BCUT2D eigenvalue weighted by Crippen LogP contribution is -2.20. The van der Waals surface area contributed by atoms with E-state index in [1.165, 1.54) is 5.57 Å². The van der Waals surface area contributed by atoms with E-state index >= 15 is 0 Å². The molecule has 0 heterocycles. The standard InChI is InChI=1S/C28H40O4/c1-3-4-9-19(2)26(29)15-14-24-25-17-20(16-22(25)18-27(24)30)10-5-6-11-21-12-7-8-13-23(21)28(31)32/h7-8,12-16,19,22,24-27,29-30H,3-6,9-11,17-18H2,1-2H3,(H,31,32)/b15-14+/t19?,22-,24-,25-,26+,27+/m0/s1. The summed E-state index contributed by atoms with van der Waals surface area (Å²) in [5.41, 5.74) is 2.81. The van der Waals surface area contributed by atoms with Gasteiger partial charge in [-0.25, -0.2) is 4.79 Å². The van der Waals surface area contributed by atoms with E-state index in [0.717, 1.165) is 63.4 Å². The van der Waals surface area contributed by atoms with Gasteiger partial charge in [-0.3, -0.25) is 0 Å². The molecule has 2 aliphatic rings. The van der Waals surface area contributed by atoms with Crippen LogP contribution in [0.1, 0.15) is 81.1 Å². The largest absolute Gasteiger partial charge is 0.478 e. The fourth-order valence-corrected chi connectivity index (χ4v) is 5.53. The summed E-state index contributed by atoms with van der Waals surface area (Å²) in [5, 5.41) is 30.4. The first-order chi connectivity index (χ1) is 15.4. The molecule has 6 atom stereocenters. The predicted molar refractivity (Wildman–Crippen MR) is 129 cm³/mol. The minimum Gasteiger partial charge on any atom is -0.478 e. The molecule has 176 valence electrons. The van der Waals surface area contributed by atoms with Crippen molar-refractivity contribution in [2.75, 3.05) is 0 Å². The molecule has 3 rings (SSSR count). The Hall–Kier alpha value is -1.91. The number of benzene rings is 1. The number of rotatable bonds is 12. The van der Waals surface area contributed by atoms with Gasteiger partial charge in [-0.15, -0.1) is 0 Å². The van der Waals surface area contributed by atoms with Crippen LogP contribution in [0.25, 0.3) is 0 Å². The van der Waals surface area contributed by atoms with Gasteiger partial charge in [0.05, 0.1) is 17.8 Å². The Bertz CT molecular complexity index is 811. The number of carbonyl (C=O) groups is 1. The van der Waals surface area contributed by atoms with Crippen molar-refractivity contribution in [1.29, 1.82) is 0 Å². The van der Waals surface area contributed by atoms with Gasteiger partial charge in [0.15, 0.2) is 0 Å². The third-order valence-electron chi connectivity index (χ3n) is 7.52. The average molecular weight is 441 g/mol. The quantitative estimate of drug-likeness (QED) is 0.284. The van der Waals surface area contributed by atoms with Crippen molar-refractivity contribution in [1.82, 2.24) is 0 Å². The Morgan fingerprint density at radius 2 is 1.94 bits per heavy atom. The van der Waals surface area contributed by atoms with Gasteiger partial charge in [-0.1, -0.05) is 68.7 Å². The van der Waals surface area contributed by atoms with E-state index in [1.807, 2.05) is 18.2 Å². The number of carboxylic acid groups (broad SMARTS) is 1. The molecular weight excluding hydrogens is 400 g/mol. The van der Waals surface area contributed by atoms with Crippen LogP contribution in [0.15, 0.2) is 48.1 Å². The topological polar surface area (TPSA) is 77.8 Å². The highest BCUT2D eigenvalue weighted by atomic mass is 16.4. The van der Waals surface area contributed by atoms with Crippen LogP contribution in [-0.2, 0) is 6.42 Å². The Labute approximate surface area is 193 Å². The van der Waals surface area contributed by atoms with Gasteiger partial charge in [0.2, 0.25) is 0 Å². The second-order valence-electron chi connectivity index (χ2n) is 9.90. The van der Waals surface area contributed by atoms with Crippen LogP contribution in [0.4, 0.5) is 0 Å². The van der Waals surface area contributed by atoms with Gasteiger partial charge < -0.3 is 15.3 Å². The molecule has 1 unspecified atom stereocenters. The highest BCUT2D eigenvalue weighted by Gasteiger charge is 2.43. The molecule has 32 heavy (non-hydrogen) atoms. The second-order valence-corrected chi connectivity index (χ2v) is 9.90. The smallest absolute Gasteiger partial charge is 0.335 e. The summed E-state index contributed by atoms with van der Waals surface area (Å²) in [7, 11) is 0. The predicted octanol–water partition coefficient (Wildman–Crippen LogP) is 5.78. The number of fused-ring (bicyclic) bond motifs is 1. The summed E-state index contributed by atoms with van der Waals surface area (Å²) in [6.45, 7) is 4.27. The molecule has 4 heteroatoms. The zero-order chi connectivity index (χ0) is 23.1. The SMILES string of the molecule is CCCCC(C)[C@H](O)/C=C/[C@H]1[C@H]2CC(CCCCc3ccccc3C(=O)O)=C[C@H]2C[C@H]1O. The number of hydrogen-bond acceptors (Lipinski definition) is 3. The third-order valence-corrected chi connectivity index (χ3v) is 7.52. The summed E-state index contributed by atoms with van der Waals surface area (Å²) < 4.78 is 0. The van der Waals surface area contributed by atoms with Crippen molar-refractivity contribution < 1.29 is 20.1 Å². The average Bonchev–Trinajstić information content (AvgIpc) is 3.29. The number of aliphatic hydroxyl groups is 2. The lowest BCUT2D eigenvalue weighted by atomic mass is 9.87. The van der Waals surface area contributed by atoms with Crippen molar-refractivity contribution in [3.05, 3.63) is 59.2 Å². The Kier molecular flexibility index (Phi) is 9.12. The fourth-order valence-electron chi connectivity index (χ4n) is 5.53. The molecule has 0 bridgehead atoms. The summed E-state index contributed by atoms with van der Waals surface area (Å²) in [5.74, 6) is 0.418. The Morgan fingerprint density at radius 3 is 2.69 bits per heavy atom. The zero-order valence-corrected chi connectivity index (χ0v) is 19.6. The molecule has 0 spiro atoms. The molecule has 1 saturated carbocycles. The second kappa shape index (κ2) is 11.8. The van der Waals surface area contributed by atoms with Crippen molar-refractivity contribution in [3.8, 4) is 0 Å². The highest BCUT2D eigenvalue weighted by molar-refractivity contribution is 5.89. The van der Waals surface area contributed by atoms with E-state index in [9.17, 15) is 20.1 Å². The van der Waals surface area contributed by atoms with E-state index in [-0.39, 0.29) is 17.9 Å². The van der Waals surface area contributed by atoms with Crippen LogP contribution in [0, 0.1) is 23.7 Å². The van der Waals surface area contributed by atoms with E-state index in [2.05, 4.69) is 26.0 Å². The first-order valence-electron chi connectivity index (χ1n) is 12.5. The van der Waals surface area contributed by atoms with Crippen LogP contribution in [0.5, 0.6) is 0 Å². The van der Waals surface area contributed by atoms with Gasteiger partial charge in [0.1, 0.15) is 0 Å². The Morgan fingerprint density at radius 1 is 1.19 bits per heavy atom. The van der Waals surface area contributed by atoms with Crippen molar-refractivity contribution in [3.63, 3.8) is 0 Å². The highest BCUT2D eigenvalue weighted by Crippen LogP contribution is 2.48. The van der Waals surface area contributed by atoms with Gasteiger partial charge >= 0.3 is 5.97 Å². The number of aryl methyl sites for hydroxylation is 1. The van der Waals surface area contributed by atoms with Crippen LogP contribution >= 0.6 is 0 Å². The maximum atomic E-state index is 11.4. The van der Waals surface area contributed by atoms with Gasteiger partial charge in [0.25, 0.3) is 0 Å². The minimum absolute atomic E-state index is 0.129. The van der Waals surface area contributed by atoms with E-state index in [0.29, 0.717) is 17.4 Å². The number of carboxylic acids is 1. The van der Waals surface area contributed by atoms with Crippen molar-refractivity contribution in [2.24, 2.45) is 23.7 Å². The fraction of sp³-hybridized carbons (Fsp3) is 0.607. The molecule has 1 aromatic rings. The molecule has 1 aromatic carbocycles. The molecule has 3 N–H and O–H groups in total. The first kappa shape index (κ1) is 24.7. The number of aliphatic hydroxyl groups excluding tert-OH is 2. The molecular formula is C28H40O4. The maximum Gasteiger partial charge on any atom is 0.335 e.